The molecule has 0 atom stereocenters. The van der Waals surface area contributed by atoms with Crippen molar-refractivity contribution in [1.82, 2.24) is 10.2 Å². The van der Waals surface area contributed by atoms with E-state index in [2.05, 4.69) is 39.9 Å². The molecular weight excluding hydrogens is 256 g/mol. The average molecular weight is 276 g/mol. The van der Waals surface area contributed by atoms with Gasteiger partial charge in [0.1, 0.15) is 0 Å². The third-order valence-electron chi connectivity index (χ3n) is 3.59. The third-order valence-corrected chi connectivity index (χ3v) is 4.60. The first-order valence-corrected chi connectivity index (χ1v) is 7.77. The van der Waals surface area contributed by atoms with Gasteiger partial charge in [0.2, 0.25) is 0 Å². The molecule has 0 spiro atoms. The highest BCUT2D eigenvalue weighted by atomic mass is 32.1. The summed E-state index contributed by atoms with van der Waals surface area (Å²) >= 11 is 1.83. The zero-order valence-electron chi connectivity index (χ0n) is 11.1. The first-order valence-electron chi connectivity index (χ1n) is 6.89. The molecule has 0 amide bonds. The molecular formula is C15H20N2OS. The van der Waals surface area contributed by atoms with E-state index in [0.717, 1.165) is 45.9 Å². The van der Waals surface area contributed by atoms with Gasteiger partial charge >= 0.3 is 0 Å². The second kappa shape index (κ2) is 6.48. The average Bonchev–Trinajstić information content (AvgIpc) is 2.88. The summed E-state index contributed by atoms with van der Waals surface area (Å²) in [6.45, 7) is 7.04. The molecule has 1 N–H and O–H groups in total. The molecule has 3 rings (SSSR count). The largest absolute Gasteiger partial charge is 0.379 e. The van der Waals surface area contributed by atoms with Gasteiger partial charge in [-0.15, -0.1) is 11.3 Å². The fourth-order valence-corrected chi connectivity index (χ4v) is 3.42. The maximum atomic E-state index is 5.35. The van der Waals surface area contributed by atoms with Crippen LogP contribution >= 0.6 is 11.3 Å². The van der Waals surface area contributed by atoms with Gasteiger partial charge in [0.25, 0.3) is 0 Å². The van der Waals surface area contributed by atoms with Crippen molar-refractivity contribution >= 4 is 21.4 Å². The van der Waals surface area contributed by atoms with Crippen LogP contribution in [-0.4, -0.2) is 44.3 Å². The molecule has 1 saturated heterocycles. The Morgan fingerprint density at radius 1 is 1.21 bits per heavy atom. The van der Waals surface area contributed by atoms with Crippen LogP contribution in [0.25, 0.3) is 10.1 Å². The molecule has 19 heavy (non-hydrogen) atoms. The molecule has 2 heterocycles. The van der Waals surface area contributed by atoms with Crippen LogP contribution in [0.5, 0.6) is 0 Å². The molecule has 1 aliphatic heterocycles. The lowest BCUT2D eigenvalue weighted by Crippen LogP contribution is -2.40. The van der Waals surface area contributed by atoms with Crippen LogP contribution < -0.4 is 5.32 Å². The number of rotatable bonds is 5. The summed E-state index contributed by atoms with van der Waals surface area (Å²) in [6, 6.07) is 8.63. The minimum Gasteiger partial charge on any atom is -0.379 e. The van der Waals surface area contributed by atoms with Gasteiger partial charge in [-0.2, -0.15) is 0 Å². The number of hydrogen-bond acceptors (Lipinski definition) is 4. The lowest BCUT2D eigenvalue weighted by atomic mass is 10.2. The molecule has 0 radical (unpaired) electrons. The number of thiophene rings is 1. The summed E-state index contributed by atoms with van der Waals surface area (Å²) in [5.41, 5.74) is 1.42. The normalized spacial score (nSPS) is 17.1. The van der Waals surface area contributed by atoms with Crippen molar-refractivity contribution in [1.29, 1.82) is 0 Å². The van der Waals surface area contributed by atoms with E-state index in [9.17, 15) is 0 Å². The summed E-state index contributed by atoms with van der Waals surface area (Å²) in [4.78, 5) is 2.46. The van der Waals surface area contributed by atoms with Gasteiger partial charge < -0.3 is 10.1 Å². The number of ether oxygens (including phenoxy) is 1. The minimum absolute atomic E-state index is 0.884. The van der Waals surface area contributed by atoms with Crippen LogP contribution in [0.1, 0.15) is 5.56 Å². The van der Waals surface area contributed by atoms with Crippen LogP contribution in [0.4, 0.5) is 0 Å². The topological polar surface area (TPSA) is 24.5 Å². The standard InChI is InChI=1S/C15H20N2OS/c1-2-4-15-14(3-1)13(12-19-15)11-16-5-6-17-7-9-18-10-8-17/h1-4,12,16H,5-11H2. The highest BCUT2D eigenvalue weighted by molar-refractivity contribution is 7.17. The maximum absolute atomic E-state index is 5.35. The number of nitrogens with zero attached hydrogens (tertiary/aromatic N) is 1. The first kappa shape index (κ1) is 13.1. The van der Waals surface area contributed by atoms with Crippen molar-refractivity contribution in [3.05, 3.63) is 35.2 Å². The molecule has 102 valence electrons. The molecule has 1 fully saturated rings. The van der Waals surface area contributed by atoms with Crippen LogP contribution in [0, 0.1) is 0 Å². The van der Waals surface area contributed by atoms with Gasteiger partial charge in [-0.1, -0.05) is 18.2 Å². The number of fused-ring (bicyclic) bond motifs is 1. The summed E-state index contributed by atoms with van der Waals surface area (Å²) < 4.78 is 6.73. The summed E-state index contributed by atoms with van der Waals surface area (Å²) in [5, 5.41) is 7.22. The lowest BCUT2D eigenvalue weighted by Gasteiger charge is -2.26. The van der Waals surface area contributed by atoms with E-state index in [1.165, 1.54) is 15.6 Å². The lowest BCUT2D eigenvalue weighted by molar-refractivity contribution is 0.0384. The van der Waals surface area contributed by atoms with E-state index in [4.69, 9.17) is 4.74 Å². The molecule has 0 bridgehead atoms. The number of morpholine rings is 1. The molecule has 0 aliphatic carbocycles. The van der Waals surface area contributed by atoms with E-state index in [1.807, 2.05) is 11.3 Å². The zero-order chi connectivity index (χ0) is 12.9. The van der Waals surface area contributed by atoms with Gasteiger partial charge in [0, 0.05) is 37.4 Å². The highest BCUT2D eigenvalue weighted by Crippen LogP contribution is 2.25. The summed E-state index contributed by atoms with van der Waals surface area (Å²) in [6.07, 6.45) is 0. The van der Waals surface area contributed by atoms with Gasteiger partial charge in [-0.05, 0) is 22.4 Å². The third kappa shape index (κ3) is 3.34. The minimum atomic E-state index is 0.884. The van der Waals surface area contributed by atoms with E-state index in [0.29, 0.717) is 0 Å². The van der Waals surface area contributed by atoms with Crippen molar-refractivity contribution in [2.45, 2.75) is 6.54 Å². The Bertz CT molecular complexity index is 520. The number of benzene rings is 1. The molecule has 1 aliphatic rings. The predicted octanol–water partition coefficient (Wildman–Crippen LogP) is 2.32. The van der Waals surface area contributed by atoms with Crippen LogP contribution in [0.3, 0.4) is 0 Å². The van der Waals surface area contributed by atoms with Crippen molar-refractivity contribution in [2.75, 3.05) is 39.4 Å². The van der Waals surface area contributed by atoms with Gasteiger partial charge in [-0.3, -0.25) is 4.90 Å². The Morgan fingerprint density at radius 2 is 2.05 bits per heavy atom. The molecule has 2 aromatic rings. The Balaban J connectivity index is 1.47. The zero-order valence-corrected chi connectivity index (χ0v) is 11.9. The van der Waals surface area contributed by atoms with Crippen molar-refractivity contribution < 1.29 is 4.74 Å². The molecule has 0 saturated carbocycles. The van der Waals surface area contributed by atoms with Crippen LogP contribution in [-0.2, 0) is 11.3 Å². The van der Waals surface area contributed by atoms with Crippen molar-refractivity contribution in [3.63, 3.8) is 0 Å². The fourth-order valence-electron chi connectivity index (χ4n) is 2.45. The van der Waals surface area contributed by atoms with E-state index in [-0.39, 0.29) is 0 Å². The van der Waals surface area contributed by atoms with E-state index < -0.39 is 0 Å². The second-order valence-corrected chi connectivity index (χ2v) is 5.80. The molecule has 3 nitrogen and oxygen atoms in total. The summed E-state index contributed by atoms with van der Waals surface area (Å²) in [7, 11) is 0. The quantitative estimate of drug-likeness (QED) is 0.848. The second-order valence-electron chi connectivity index (χ2n) is 4.89. The Kier molecular flexibility index (Phi) is 4.45. The van der Waals surface area contributed by atoms with Crippen LogP contribution in [0.2, 0.25) is 0 Å². The van der Waals surface area contributed by atoms with Gasteiger partial charge in [0.05, 0.1) is 13.2 Å². The maximum Gasteiger partial charge on any atom is 0.0594 e. The van der Waals surface area contributed by atoms with Crippen molar-refractivity contribution in [3.8, 4) is 0 Å². The molecule has 4 heteroatoms. The molecule has 1 aromatic heterocycles. The molecule has 1 aromatic carbocycles. The SMILES string of the molecule is c1ccc2c(CNCCN3CCOCC3)csc2c1. The van der Waals surface area contributed by atoms with E-state index in [1.54, 1.807) is 0 Å². The number of hydrogen-bond donors (Lipinski definition) is 1. The molecule has 0 unspecified atom stereocenters. The Labute approximate surface area is 118 Å². The first-order chi connectivity index (χ1) is 9.43. The monoisotopic (exact) mass is 276 g/mol. The Morgan fingerprint density at radius 3 is 2.95 bits per heavy atom. The smallest absolute Gasteiger partial charge is 0.0594 e. The summed E-state index contributed by atoms with van der Waals surface area (Å²) in [5.74, 6) is 0. The van der Waals surface area contributed by atoms with Crippen LogP contribution in [0.15, 0.2) is 29.6 Å². The highest BCUT2D eigenvalue weighted by Gasteiger charge is 2.09. The fraction of sp³-hybridized carbons (Fsp3) is 0.467. The van der Waals surface area contributed by atoms with Gasteiger partial charge in [-0.25, -0.2) is 0 Å². The number of nitrogens with one attached hydrogen (secondary N) is 1. The van der Waals surface area contributed by atoms with E-state index >= 15 is 0 Å². The van der Waals surface area contributed by atoms with Gasteiger partial charge in [0.15, 0.2) is 0 Å². The Hall–Kier alpha value is -0.940. The predicted molar refractivity (Wildman–Crippen MR) is 80.8 cm³/mol. The van der Waals surface area contributed by atoms with Crippen molar-refractivity contribution in [2.24, 2.45) is 0 Å².